The number of ether oxygens (including phenoxy) is 3. The second-order valence-electron chi connectivity index (χ2n) is 7.34. The number of methoxy groups -OCH3 is 2. The van der Waals surface area contributed by atoms with E-state index >= 15 is 0 Å². The monoisotopic (exact) mass is 414 g/mol. The van der Waals surface area contributed by atoms with Gasteiger partial charge in [0.15, 0.2) is 17.2 Å². The van der Waals surface area contributed by atoms with Crippen molar-refractivity contribution in [2.24, 2.45) is 0 Å². The van der Waals surface area contributed by atoms with Crippen LogP contribution in [0.2, 0.25) is 0 Å². The van der Waals surface area contributed by atoms with Gasteiger partial charge in [0.1, 0.15) is 0 Å². The fourth-order valence-corrected chi connectivity index (χ4v) is 3.59. The summed E-state index contributed by atoms with van der Waals surface area (Å²) >= 11 is 0. The molecule has 0 radical (unpaired) electrons. The predicted octanol–water partition coefficient (Wildman–Crippen LogP) is 1.30. The zero-order valence-electron chi connectivity index (χ0n) is 17.2. The lowest BCUT2D eigenvalue weighted by Gasteiger charge is -2.15. The summed E-state index contributed by atoms with van der Waals surface area (Å²) in [6.45, 7) is 1.79. The van der Waals surface area contributed by atoms with Crippen LogP contribution in [0.3, 0.4) is 0 Å². The van der Waals surface area contributed by atoms with E-state index in [0.717, 1.165) is 24.1 Å². The van der Waals surface area contributed by atoms with Crippen LogP contribution in [0.15, 0.2) is 18.2 Å². The number of carbonyl (C=O) groups is 2. The van der Waals surface area contributed by atoms with Gasteiger partial charge in [-0.3, -0.25) is 14.3 Å². The molecule has 9 nitrogen and oxygen atoms in total. The summed E-state index contributed by atoms with van der Waals surface area (Å²) in [7, 11) is 3.03. The lowest BCUT2D eigenvalue weighted by atomic mass is 10.1. The third-order valence-electron chi connectivity index (χ3n) is 5.28. The van der Waals surface area contributed by atoms with Crippen LogP contribution < -0.4 is 20.1 Å². The standard InChI is InChI=1S/C21H26N4O5/c1-28-17-5-3-4-14(19(17)29-2)20(26)22-9-10-25-16-8-11-30-12-15(16)18(24-25)21(27)23-13-6-7-13/h3-5,13H,6-12H2,1-2H3,(H,22,26)(H,23,27). The van der Waals surface area contributed by atoms with E-state index in [1.807, 2.05) is 4.68 Å². The Balaban J connectivity index is 1.44. The topological polar surface area (TPSA) is 104 Å². The van der Waals surface area contributed by atoms with Crippen LogP contribution in [-0.4, -0.2) is 55.0 Å². The lowest BCUT2D eigenvalue weighted by molar-refractivity contribution is 0.0921. The van der Waals surface area contributed by atoms with Crippen molar-refractivity contribution in [3.8, 4) is 11.5 Å². The van der Waals surface area contributed by atoms with Gasteiger partial charge in [0.25, 0.3) is 11.8 Å². The summed E-state index contributed by atoms with van der Waals surface area (Å²) < 4.78 is 17.9. The highest BCUT2D eigenvalue weighted by Gasteiger charge is 2.29. The zero-order chi connectivity index (χ0) is 21.1. The Labute approximate surface area is 174 Å². The van der Waals surface area contributed by atoms with Crippen molar-refractivity contribution < 1.29 is 23.8 Å². The number of amides is 2. The molecule has 0 spiro atoms. The number of carbonyl (C=O) groups excluding carboxylic acids is 2. The minimum Gasteiger partial charge on any atom is -0.493 e. The second-order valence-corrected chi connectivity index (χ2v) is 7.34. The molecule has 2 aromatic rings. The molecule has 2 heterocycles. The quantitative estimate of drug-likeness (QED) is 0.675. The highest BCUT2D eigenvalue weighted by molar-refractivity contribution is 5.97. The Bertz CT molecular complexity index is 951. The first-order valence-corrected chi connectivity index (χ1v) is 10.1. The number of nitrogens with zero attached hydrogens (tertiary/aromatic N) is 2. The Kier molecular flexibility index (Phi) is 5.89. The van der Waals surface area contributed by atoms with Crippen LogP contribution in [0.4, 0.5) is 0 Å². The predicted molar refractivity (Wildman–Crippen MR) is 108 cm³/mol. The fourth-order valence-electron chi connectivity index (χ4n) is 3.59. The van der Waals surface area contributed by atoms with Gasteiger partial charge in [-0.05, 0) is 25.0 Å². The van der Waals surface area contributed by atoms with E-state index < -0.39 is 0 Å². The molecule has 9 heteroatoms. The maximum atomic E-state index is 12.7. The lowest BCUT2D eigenvalue weighted by Crippen LogP contribution is -2.29. The van der Waals surface area contributed by atoms with Crippen LogP contribution in [0, 0.1) is 0 Å². The van der Waals surface area contributed by atoms with Crippen molar-refractivity contribution in [1.82, 2.24) is 20.4 Å². The first-order chi connectivity index (χ1) is 14.6. The Morgan fingerprint density at radius 2 is 2.07 bits per heavy atom. The molecule has 1 saturated carbocycles. The van der Waals surface area contributed by atoms with Crippen LogP contribution in [0.25, 0.3) is 0 Å². The van der Waals surface area contributed by atoms with E-state index in [0.29, 0.717) is 55.5 Å². The number of hydrogen-bond acceptors (Lipinski definition) is 6. The van der Waals surface area contributed by atoms with Crippen molar-refractivity contribution >= 4 is 11.8 Å². The van der Waals surface area contributed by atoms with Crippen molar-refractivity contribution in [2.45, 2.75) is 38.5 Å². The number of hydrogen-bond donors (Lipinski definition) is 2. The number of para-hydroxylation sites is 1. The summed E-state index contributed by atoms with van der Waals surface area (Å²) in [5.74, 6) is 0.479. The fraction of sp³-hybridized carbons (Fsp3) is 0.476. The highest BCUT2D eigenvalue weighted by Crippen LogP contribution is 2.30. The molecule has 1 aliphatic heterocycles. The minimum atomic E-state index is -0.262. The Morgan fingerprint density at radius 1 is 1.23 bits per heavy atom. The van der Waals surface area contributed by atoms with Gasteiger partial charge < -0.3 is 24.8 Å². The molecule has 30 heavy (non-hydrogen) atoms. The normalized spacial score (nSPS) is 15.3. The van der Waals surface area contributed by atoms with Crippen molar-refractivity contribution in [3.05, 3.63) is 40.7 Å². The summed E-state index contributed by atoms with van der Waals surface area (Å²) in [4.78, 5) is 25.2. The van der Waals surface area contributed by atoms with Gasteiger partial charge in [-0.15, -0.1) is 0 Å². The molecule has 0 bridgehead atoms. The number of fused-ring (bicyclic) bond motifs is 1. The van der Waals surface area contributed by atoms with Crippen LogP contribution in [0.5, 0.6) is 11.5 Å². The molecule has 160 valence electrons. The molecule has 0 unspecified atom stereocenters. The van der Waals surface area contributed by atoms with Gasteiger partial charge in [0.2, 0.25) is 0 Å². The Morgan fingerprint density at radius 3 is 2.80 bits per heavy atom. The van der Waals surface area contributed by atoms with Crippen molar-refractivity contribution in [3.63, 3.8) is 0 Å². The summed E-state index contributed by atoms with van der Waals surface area (Å²) in [5, 5.41) is 10.4. The summed E-state index contributed by atoms with van der Waals surface area (Å²) in [5.41, 5.74) is 2.67. The average Bonchev–Trinajstić information content (AvgIpc) is 3.51. The molecule has 0 saturated heterocycles. The van der Waals surface area contributed by atoms with Crippen LogP contribution in [0.1, 0.15) is 44.9 Å². The maximum Gasteiger partial charge on any atom is 0.272 e. The number of benzene rings is 1. The van der Waals surface area contributed by atoms with Gasteiger partial charge in [-0.2, -0.15) is 5.10 Å². The van der Waals surface area contributed by atoms with Gasteiger partial charge in [0.05, 0.1) is 39.5 Å². The zero-order valence-corrected chi connectivity index (χ0v) is 17.2. The number of aromatic nitrogens is 2. The summed E-state index contributed by atoms with van der Waals surface area (Å²) in [6, 6.07) is 5.43. The number of nitrogens with one attached hydrogen (secondary N) is 2. The maximum absolute atomic E-state index is 12.7. The van der Waals surface area contributed by atoms with Gasteiger partial charge >= 0.3 is 0 Å². The molecule has 2 amide bonds. The van der Waals surface area contributed by atoms with E-state index in [1.165, 1.54) is 14.2 Å². The number of rotatable bonds is 8. The molecule has 1 fully saturated rings. The average molecular weight is 414 g/mol. The third kappa shape index (κ3) is 4.11. The second kappa shape index (κ2) is 8.74. The molecule has 4 rings (SSSR count). The molecule has 0 atom stereocenters. The smallest absolute Gasteiger partial charge is 0.272 e. The van der Waals surface area contributed by atoms with E-state index in [-0.39, 0.29) is 17.9 Å². The van der Waals surface area contributed by atoms with Crippen molar-refractivity contribution in [1.29, 1.82) is 0 Å². The Hall–Kier alpha value is -3.07. The molecule has 2 N–H and O–H groups in total. The van der Waals surface area contributed by atoms with E-state index in [4.69, 9.17) is 14.2 Å². The van der Waals surface area contributed by atoms with Gasteiger partial charge in [-0.1, -0.05) is 6.07 Å². The highest BCUT2D eigenvalue weighted by atomic mass is 16.5. The molecule has 1 aliphatic carbocycles. The molecule has 2 aliphatic rings. The third-order valence-corrected chi connectivity index (χ3v) is 5.28. The largest absolute Gasteiger partial charge is 0.493 e. The SMILES string of the molecule is COc1cccc(C(=O)NCCn2nc(C(=O)NC3CC3)c3c2CCOC3)c1OC. The minimum absolute atomic E-state index is 0.150. The molecule has 1 aromatic heterocycles. The van der Waals surface area contributed by atoms with E-state index in [2.05, 4.69) is 15.7 Å². The molecule has 1 aromatic carbocycles. The summed E-state index contributed by atoms with van der Waals surface area (Å²) in [6.07, 6.45) is 2.73. The van der Waals surface area contributed by atoms with Gasteiger partial charge in [-0.25, -0.2) is 0 Å². The van der Waals surface area contributed by atoms with E-state index in [9.17, 15) is 9.59 Å². The molecular weight excluding hydrogens is 388 g/mol. The first-order valence-electron chi connectivity index (χ1n) is 10.1. The van der Waals surface area contributed by atoms with Crippen molar-refractivity contribution in [2.75, 3.05) is 27.4 Å². The first kappa shape index (κ1) is 20.2. The van der Waals surface area contributed by atoms with Gasteiger partial charge in [0, 0.05) is 30.3 Å². The van der Waals surface area contributed by atoms with Crippen LogP contribution in [-0.2, 0) is 24.3 Å². The van der Waals surface area contributed by atoms with Crippen LogP contribution >= 0.6 is 0 Å². The van der Waals surface area contributed by atoms with E-state index in [1.54, 1.807) is 18.2 Å². The molecular formula is C21H26N4O5.